The van der Waals surface area contributed by atoms with E-state index in [1.54, 1.807) is 19.9 Å². The Hall–Kier alpha value is -1.49. The topological polar surface area (TPSA) is 104 Å². The van der Waals surface area contributed by atoms with Gasteiger partial charge in [-0.3, -0.25) is 4.79 Å². The molecule has 1 fully saturated rings. The number of benzene rings is 1. The average Bonchev–Trinajstić information content (AvgIpc) is 3.01. The van der Waals surface area contributed by atoms with Crippen molar-refractivity contribution >= 4 is 31.6 Å². The molecule has 1 aliphatic heterocycles. The number of sulfonamides is 2. The summed E-state index contributed by atoms with van der Waals surface area (Å²) >= 11 is 0. The first-order valence-corrected chi connectivity index (χ1v) is 11.5. The van der Waals surface area contributed by atoms with Crippen molar-refractivity contribution in [2.24, 2.45) is 0 Å². The second-order valence-corrected chi connectivity index (χ2v) is 10.8. The summed E-state index contributed by atoms with van der Waals surface area (Å²) in [6, 6.07) is 2.19. The number of anilines is 1. The molecule has 0 aliphatic carbocycles. The maximum Gasteiger partial charge on any atom is 0.242 e. The van der Waals surface area contributed by atoms with Crippen LogP contribution in [-0.2, 0) is 24.8 Å². The van der Waals surface area contributed by atoms with E-state index in [1.165, 1.54) is 24.5 Å². The largest absolute Gasteiger partial charge is 0.324 e. The number of hydrogen-bond acceptors (Lipinski definition) is 5. The van der Waals surface area contributed by atoms with E-state index in [4.69, 9.17) is 0 Å². The number of hydrogen-bond donors (Lipinski definition) is 1. The van der Waals surface area contributed by atoms with Crippen molar-refractivity contribution < 1.29 is 21.6 Å². The van der Waals surface area contributed by atoms with Gasteiger partial charge < -0.3 is 5.32 Å². The van der Waals surface area contributed by atoms with Gasteiger partial charge in [0.1, 0.15) is 6.04 Å². The van der Waals surface area contributed by atoms with Gasteiger partial charge in [-0.25, -0.2) is 21.1 Å². The summed E-state index contributed by atoms with van der Waals surface area (Å²) in [5.74, 6) is -0.449. The van der Waals surface area contributed by atoms with Crippen molar-refractivity contribution in [1.29, 1.82) is 0 Å². The van der Waals surface area contributed by atoms with Gasteiger partial charge in [0, 0.05) is 26.3 Å². The van der Waals surface area contributed by atoms with Crippen molar-refractivity contribution in [3.8, 4) is 0 Å². The first-order valence-electron chi connectivity index (χ1n) is 8.17. The van der Waals surface area contributed by atoms with E-state index in [1.807, 2.05) is 0 Å². The molecule has 1 heterocycles. The highest BCUT2D eigenvalue weighted by molar-refractivity contribution is 7.89. The van der Waals surface area contributed by atoms with Crippen LogP contribution in [0, 0.1) is 13.8 Å². The van der Waals surface area contributed by atoms with Crippen molar-refractivity contribution in [3.05, 3.63) is 23.3 Å². The summed E-state index contributed by atoms with van der Waals surface area (Å²) in [5.41, 5.74) is 1.82. The Labute approximate surface area is 155 Å². The van der Waals surface area contributed by atoms with Crippen molar-refractivity contribution in [1.82, 2.24) is 8.61 Å². The van der Waals surface area contributed by atoms with Crippen LogP contribution >= 0.6 is 0 Å². The van der Waals surface area contributed by atoms with Gasteiger partial charge in [-0.2, -0.15) is 4.31 Å². The molecule has 8 nitrogen and oxygen atoms in total. The van der Waals surface area contributed by atoms with Crippen LogP contribution in [0.3, 0.4) is 0 Å². The average molecular weight is 404 g/mol. The lowest BCUT2D eigenvalue weighted by atomic mass is 10.1. The highest BCUT2D eigenvalue weighted by Crippen LogP contribution is 2.27. The molecule has 10 heteroatoms. The molecule has 2 rings (SSSR count). The van der Waals surface area contributed by atoms with Gasteiger partial charge in [-0.05, 0) is 49.9 Å². The zero-order valence-corrected chi connectivity index (χ0v) is 17.2. The van der Waals surface area contributed by atoms with Crippen LogP contribution < -0.4 is 5.32 Å². The third kappa shape index (κ3) is 4.08. The van der Waals surface area contributed by atoms with Crippen molar-refractivity contribution in [2.45, 2.75) is 37.6 Å². The Morgan fingerprint density at radius 3 is 2.35 bits per heavy atom. The third-order valence-electron chi connectivity index (χ3n) is 4.61. The number of aryl methyl sites for hydroxylation is 1. The van der Waals surface area contributed by atoms with E-state index >= 15 is 0 Å². The molecule has 0 unspecified atom stereocenters. The minimum Gasteiger partial charge on any atom is -0.324 e. The molecule has 0 bridgehead atoms. The fraction of sp³-hybridized carbons (Fsp3) is 0.562. The van der Waals surface area contributed by atoms with E-state index in [2.05, 4.69) is 5.32 Å². The van der Waals surface area contributed by atoms with E-state index < -0.39 is 32.0 Å². The summed E-state index contributed by atoms with van der Waals surface area (Å²) in [6.07, 6.45) is 2.13. The Morgan fingerprint density at radius 2 is 1.81 bits per heavy atom. The lowest BCUT2D eigenvalue weighted by Crippen LogP contribution is -2.42. The summed E-state index contributed by atoms with van der Waals surface area (Å²) in [6.45, 7) is 3.85. The lowest BCUT2D eigenvalue weighted by Gasteiger charge is -2.22. The first-order chi connectivity index (χ1) is 11.9. The maximum absolute atomic E-state index is 12.7. The molecule has 0 radical (unpaired) electrons. The highest BCUT2D eigenvalue weighted by atomic mass is 32.2. The fourth-order valence-corrected chi connectivity index (χ4v) is 5.07. The molecule has 146 valence electrons. The quantitative estimate of drug-likeness (QED) is 0.787. The van der Waals surface area contributed by atoms with Gasteiger partial charge >= 0.3 is 0 Å². The van der Waals surface area contributed by atoms with E-state index in [0.717, 1.165) is 21.7 Å². The smallest absolute Gasteiger partial charge is 0.242 e. The van der Waals surface area contributed by atoms with E-state index in [-0.39, 0.29) is 4.90 Å². The number of carbonyl (C=O) groups is 1. The molecule has 0 spiro atoms. The molecule has 1 amide bonds. The lowest BCUT2D eigenvalue weighted by molar-refractivity contribution is -0.119. The SMILES string of the molecule is Cc1cc(S(=O)(=O)N(C)C)cc(NC(=O)[C@@H]2CCCN2S(C)(=O)=O)c1C. The molecule has 26 heavy (non-hydrogen) atoms. The van der Waals surface area contributed by atoms with Crippen LogP contribution in [0.25, 0.3) is 0 Å². The second kappa shape index (κ2) is 7.26. The van der Waals surface area contributed by atoms with Gasteiger partial charge in [-0.1, -0.05) is 0 Å². The predicted octanol–water partition coefficient (Wildman–Crippen LogP) is 0.916. The molecule has 1 aromatic rings. The molecular formula is C16H25N3O5S2. The maximum atomic E-state index is 12.7. The Morgan fingerprint density at radius 1 is 1.19 bits per heavy atom. The molecule has 1 atom stereocenters. The molecular weight excluding hydrogens is 378 g/mol. The summed E-state index contributed by atoms with van der Waals surface area (Å²) < 4.78 is 50.8. The van der Waals surface area contributed by atoms with Crippen LogP contribution in [0.15, 0.2) is 17.0 Å². The van der Waals surface area contributed by atoms with E-state index in [0.29, 0.717) is 25.1 Å². The standard InChI is InChI=1S/C16H25N3O5S2/c1-11-9-13(26(23,24)18(3)4)10-14(12(11)2)17-16(20)15-7-6-8-19(15)25(5,21)22/h9-10,15H,6-8H2,1-5H3,(H,17,20)/t15-/m0/s1. The van der Waals surface area contributed by atoms with Crippen LogP contribution in [0.1, 0.15) is 24.0 Å². The van der Waals surface area contributed by atoms with Gasteiger partial charge in [0.2, 0.25) is 26.0 Å². The summed E-state index contributed by atoms with van der Waals surface area (Å²) in [4.78, 5) is 12.7. The summed E-state index contributed by atoms with van der Waals surface area (Å²) in [5, 5.41) is 2.72. The number of amides is 1. The zero-order valence-electron chi connectivity index (χ0n) is 15.6. The molecule has 0 saturated carbocycles. The number of rotatable bonds is 5. The van der Waals surface area contributed by atoms with Gasteiger partial charge in [0.05, 0.1) is 11.2 Å². The third-order valence-corrected chi connectivity index (χ3v) is 7.69. The van der Waals surface area contributed by atoms with Crippen molar-refractivity contribution in [2.75, 3.05) is 32.2 Å². The van der Waals surface area contributed by atoms with Crippen LogP contribution in [0.5, 0.6) is 0 Å². The van der Waals surface area contributed by atoms with Gasteiger partial charge in [-0.15, -0.1) is 0 Å². The Bertz CT molecular complexity index is 923. The predicted molar refractivity (Wildman–Crippen MR) is 100.0 cm³/mol. The van der Waals surface area contributed by atoms with E-state index in [9.17, 15) is 21.6 Å². The minimum atomic E-state index is -3.65. The Kier molecular flexibility index (Phi) is 5.81. The Balaban J connectivity index is 2.38. The summed E-state index contributed by atoms with van der Waals surface area (Å²) in [7, 11) is -4.26. The molecule has 1 saturated heterocycles. The number of carbonyl (C=O) groups excluding carboxylic acids is 1. The molecule has 1 aromatic carbocycles. The number of nitrogens with one attached hydrogen (secondary N) is 1. The van der Waals surface area contributed by atoms with Gasteiger partial charge in [0.15, 0.2) is 0 Å². The van der Waals surface area contributed by atoms with Crippen molar-refractivity contribution in [3.63, 3.8) is 0 Å². The van der Waals surface area contributed by atoms with Crippen LogP contribution in [0.2, 0.25) is 0 Å². The van der Waals surface area contributed by atoms with Gasteiger partial charge in [0.25, 0.3) is 0 Å². The van der Waals surface area contributed by atoms with Crippen LogP contribution in [0.4, 0.5) is 5.69 Å². The second-order valence-electron chi connectivity index (χ2n) is 6.72. The normalized spacial score (nSPS) is 19.1. The molecule has 0 aromatic heterocycles. The molecule has 1 N–H and O–H groups in total. The fourth-order valence-electron chi connectivity index (χ4n) is 2.93. The zero-order chi connectivity index (χ0) is 19.9. The van der Waals surface area contributed by atoms with Crippen LogP contribution in [-0.4, -0.2) is 64.3 Å². The monoisotopic (exact) mass is 403 g/mol. The minimum absolute atomic E-state index is 0.0762. The highest BCUT2D eigenvalue weighted by Gasteiger charge is 2.36. The number of nitrogens with zero attached hydrogens (tertiary/aromatic N) is 2. The molecule has 1 aliphatic rings. The first kappa shape index (κ1) is 20.8.